The molecule has 11 nitrogen and oxygen atoms in total. The second-order valence-electron chi connectivity index (χ2n) is 14.8. The first-order valence-corrected chi connectivity index (χ1v) is 22.6. The Bertz CT molecular complexity index is 2280. The van der Waals surface area contributed by atoms with Crippen molar-refractivity contribution in [1.29, 1.82) is 0 Å². The third-order valence-electron chi connectivity index (χ3n) is 10.4. The van der Waals surface area contributed by atoms with Crippen LogP contribution in [0.2, 0.25) is 0 Å². The molecule has 0 saturated carbocycles. The molecule has 0 amide bonds. The predicted octanol–water partition coefficient (Wildman–Crippen LogP) is 0.809. The standard InChI is InChI=1S/C38H47ClN2O9S3.2Na/c1-37(2)30-14-5-6-15-32(30)40(22-7-9-24-51(42,43)44)34(37)20-16-27-12-11-13-28(36(27)39)17-21-35-38(3,4)31-26-29(53(48,49)50)18-19-33(31)41(35)23-8-10-25-52(45,46)47;;/h5-6,14-21,26H,7-13,22-25H2,1-4H3,(H2-,42,43,44,45,46,47,48,49,50);;/q;2*+1/p-1. The van der Waals surface area contributed by atoms with E-state index in [0.717, 1.165) is 53.1 Å². The van der Waals surface area contributed by atoms with Crippen molar-refractivity contribution in [3.05, 3.63) is 99.8 Å². The van der Waals surface area contributed by atoms with Crippen molar-refractivity contribution >= 4 is 59.0 Å². The van der Waals surface area contributed by atoms with Gasteiger partial charge in [0.15, 0.2) is 5.71 Å². The molecule has 1 aliphatic carbocycles. The van der Waals surface area contributed by atoms with Gasteiger partial charge in [0.25, 0.3) is 10.1 Å². The van der Waals surface area contributed by atoms with E-state index in [1.54, 1.807) is 6.07 Å². The number of halogens is 1. The van der Waals surface area contributed by atoms with Gasteiger partial charge in [-0.05, 0) is 93.4 Å². The molecule has 0 atom stereocenters. The first-order valence-electron chi connectivity index (χ1n) is 17.6. The molecule has 5 rings (SSSR count). The van der Waals surface area contributed by atoms with Crippen molar-refractivity contribution in [3.63, 3.8) is 0 Å². The zero-order valence-electron chi connectivity index (χ0n) is 32.3. The van der Waals surface area contributed by atoms with Crippen LogP contribution in [0.4, 0.5) is 11.4 Å². The van der Waals surface area contributed by atoms with Crippen LogP contribution in [0.25, 0.3) is 0 Å². The molecule has 0 unspecified atom stereocenters. The van der Waals surface area contributed by atoms with E-state index in [0.29, 0.717) is 42.2 Å². The van der Waals surface area contributed by atoms with Gasteiger partial charge in [0.05, 0.1) is 26.2 Å². The van der Waals surface area contributed by atoms with Gasteiger partial charge in [0.2, 0.25) is 5.69 Å². The summed E-state index contributed by atoms with van der Waals surface area (Å²) in [5, 5.41) is 0.623. The maximum absolute atomic E-state index is 11.9. The van der Waals surface area contributed by atoms with Crippen LogP contribution in [0.5, 0.6) is 0 Å². The van der Waals surface area contributed by atoms with E-state index in [9.17, 15) is 38.9 Å². The maximum atomic E-state index is 11.9. The summed E-state index contributed by atoms with van der Waals surface area (Å²) in [7, 11) is -13.1. The Morgan fingerprint density at radius 2 is 1.51 bits per heavy atom. The molecule has 2 aromatic rings. The minimum atomic E-state index is -4.70. The van der Waals surface area contributed by atoms with Crippen LogP contribution in [0.15, 0.2) is 93.5 Å². The van der Waals surface area contributed by atoms with E-state index in [-0.39, 0.29) is 88.0 Å². The third kappa shape index (κ3) is 11.6. The van der Waals surface area contributed by atoms with E-state index >= 15 is 0 Å². The second-order valence-corrected chi connectivity index (χ2v) is 19.7. The van der Waals surface area contributed by atoms with E-state index < -0.39 is 41.5 Å². The maximum Gasteiger partial charge on any atom is 1.00 e. The molecule has 55 heavy (non-hydrogen) atoms. The number of benzene rings is 2. The van der Waals surface area contributed by atoms with Crippen molar-refractivity contribution in [3.8, 4) is 0 Å². The van der Waals surface area contributed by atoms with E-state index in [4.69, 9.17) is 11.6 Å². The quantitative estimate of drug-likeness (QED) is 0.124. The number of allylic oxidation sites excluding steroid dienone is 8. The minimum absolute atomic E-state index is 0. The van der Waals surface area contributed by atoms with Gasteiger partial charge in [-0.1, -0.05) is 55.8 Å². The largest absolute Gasteiger partial charge is 1.00 e. The SMILES string of the molecule is CC1(C)C(=CC=C2CCCC(C=CC3=[N+](CCCCS(=O)(=O)[O-])c4ccccc4C3(C)C)=C2Cl)N(CCCCS(=O)(=O)O)c2ccc(S(=O)(=O)[O-])cc21.[Na+].[Na+]. The van der Waals surface area contributed by atoms with Gasteiger partial charge in [-0.15, -0.1) is 0 Å². The van der Waals surface area contributed by atoms with Gasteiger partial charge < -0.3 is 14.0 Å². The molecule has 0 bridgehead atoms. The summed E-state index contributed by atoms with van der Waals surface area (Å²) in [6.07, 6.45) is 11.8. The molecule has 0 spiro atoms. The van der Waals surface area contributed by atoms with Crippen LogP contribution in [0.3, 0.4) is 0 Å². The number of unbranched alkanes of at least 4 members (excludes halogenated alkanes) is 2. The Morgan fingerprint density at radius 1 is 0.836 bits per heavy atom. The molecule has 17 heteroatoms. The molecule has 2 aliphatic heterocycles. The molecule has 2 aromatic carbocycles. The second kappa shape index (κ2) is 18.9. The fourth-order valence-corrected chi connectivity index (χ4v) is 9.54. The molecule has 0 fully saturated rings. The van der Waals surface area contributed by atoms with E-state index in [1.165, 1.54) is 12.1 Å². The fourth-order valence-electron chi connectivity index (χ4n) is 7.60. The van der Waals surface area contributed by atoms with Crippen LogP contribution in [-0.4, -0.2) is 73.8 Å². The van der Waals surface area contributed by atoms with Crippen LogP contribution in [0, 0.1) is 0 Å². The van der Waals surface area contributed by atoms with Gasteiger partial charge >= 0.3 is 59.1 Å². The van der Waals surface area contributed by atoms with Crippen LogP contribution in [-0.2, 0) is 41.2 Å². The van der Waals surface area contributed by atoms with Crippen molar-refractivity contribution in [2.45, 2.75) is 88.4 Å². The molecule has 0 aromatic heterocycles. The van der Waals surface area contributed by atoms with Gasteiger partial charge in [-0.3, -0.25) is 4.55 Å². The monoisotopic (exact) mass is 851 g/mol. The molecule has 288 valence electrons. The Hall–Kier alpha value is -1.11. The van der Waals surface area contributed by atoms with E-state index in [2.05, 4.69) is 30.6 Å². The Kier molecular flexibility index (Phi) is 16.6. The average Bonchev–Trinajstić information content (AvgIpc) is 3.40. The molecule has 3 aliphatic rings. The average molecular weight is 852 g/mol. The van der Waals surface area contributed by atoms with Gasteiger partial charge in [0.1, 0.15) is 16.7 Å². The topological polar surface area (TPSA) is 175 Å². The predicted molar refractivity (Wildman–Crippen MR) is 206 cm³/mol. The van der Waals surface area contributed by atoms with Crippen molar-refractivity contribution in [1.82, 2.24) is 0 Å². The molecule has 0 radical (unpaired) electrons. The van der Waals surface area contributed by atoms with Crippen molar-refractivity contribution in [2.75, 3.05) is 29.5 Å². The zero-order valence-corrected chi connectivity index (χ0v) is 39.5. The van der Waals surface area contributed by atoms with Gasteiger partial charge in [0, 0.05) is 58.3 Å². The molecule has 1 N–H and O–H groups in total. The molecular weight excluding hydrogens is 806 g/mol. The first kappa shape index (κ1) is 48.3. The summed E-state index contributed by atoms with van der Waals surface area (Å²) in [6.45, 7) is 9.11. The van der Waals surface area contributed by atoms with Gasteiger partial charge in [-0.25, -0.2) is 16.8 Å². The van der Waals surface area contributed by atoms with Crippen LogP contribution >= 0.6 is 11.6 Å². The summed E-state index contributed by atoms with van der Waals surface area (Å²) >= 11 is 7.10. The Morgan fingerprint density at radius 3 is 2.16 bits per heavy atom. The Balaban J connectivity index is 0.00000406. The molecular formula is C38H46ClN2Na2O9S3+. The number of rotatable bonds is 14. The van der Waals surface area contributed by atoms with Crippen LogP contribution in [0.1, 0.15) is 83.8 Å². The number of nitrogens with zero attached hydrogens (tertiary/aromatic N) is 2. The van der Waals surface area contributed by atoms with Crippen LogP contribution < -0.4 is 64.0 Å². The fraction of sp³-hybridized carbons (Fsp3) is 0.447. The normalized spacial score (nSPS) is 19.5. The van der Waals surface area contributed by atoms with E-state index in [1.807, 2.05) is 55.2 Å². The summed E-state index contributed by atoms with van der Waals surface area (Å²) in [5.74, 6) is -0.779. The number of fused-ring (bicyclic) bond motifs is 2. The van der Waals surface area contributed by atoms with Crippen molar-refractivity contribution in [2.24, 2.45) is 0 Å². The smallest absolute Gasteiger partial charge is 0.748 e. The van der Waals surface area contributed by atoms with Gasteiger partial charge in [-0.2, -0.15) is 13.0 Å². The molecule has 2 heterocycles. The number of anilines is 1. The van der Waals surface area contributed by atoms with Crippen molar-refractivity contribution < 1.29 is 103 Å². The minimum Gasteiger partial charge on any atom is -0.748 e. The molecule has 0 saturated heterocycles. The summed E-state index contributed by atoms with van der Waals surface area (Å²) in [4.78, 5) is 1.67. The first-order chi connectivity index (χ1) is 24.6. The summed E-state index contributed by atoms with van der Waals surface area (Å²) in [5.41, 5.74) is 6.22. The number of hydrogen-bond acceptors (Lipinski definition) is 9. The Labute approximate surface area is 375 Å². The third-order valence-corrected chi connectivity index (χ3v) is 13.3. The number of para-hydroxylation sites is 1. The zero-order chi connectivity index (χ0) is 39.0. The summed E-state index contributed by atoms with van der Waals surface area (Å²) in [6, 6.07) is 12.4. The summed E-state index contributed by atoms with van der Waals surface area (Å²) < 4.78 is 103. The number of hydrogen-bond donors (Lipinski definition) is 1.